The van der Waals surface area contributed by atoms with E-state index in [-0.39, 0.29) is 23.9 Å². The van der Waals surface area contributed by atoms with Gasteiger partial charge in [0.2, 0.25) is 11.8 Å². The Morgan fingerprint density at radius 2 is 2.04 bits per heavy atom. The third kappa shape index (κ3) is 4.61. The molecule has 2 aromatic heterocycles. The largest absolute Gasteiger partial charge is 0.472 e. The van der Waals surface area contributed by atoms with Crippen LogP contribution in [0.1, 0.15) is 10.4 Å². The number of hydrogen-bond donors (Lipinski definition) is 2. The fraction of sp³-hybridized carbons (Fsp3) is 0.211. The van der Waals surface area contributed by atoms with Gasteiger partial charge in [-0.1, -0.05) is 6.07 Å². The highest BCUT2D eigenvalue weighted by Crippen LogP contribution is 2.21. The predicted molar refractivity (Wildman–Crippen MR) is 99.7 cm³/mol. The van der Waals surface area contributed by atoms with Crippen LogP contribution in [0.2, 0.25) is 0 Å². The number of hydrogen-bond acceptors (Lipinski definition) is 4. The summed E-state index contributed by atoms with van der Waals surface area (Å²) in [6.07, 6.45) is 0.457. The van der Waals surface area contributed by atoms with Gasteiger partial charge in [0.05, 0.1) is 11.1 Å². The van der Waals surface area contributed by atoms with E-state index < -0.39 is 18.9 Å². The molecule has 2 heterocycles. The summed E-state index contributed by atoms with van der Waals surface area (Å²) in [4.78, 5) is 27.9. The maximum absolute atomic E-state index is 12.4. The third-order valence-electron chi connectivity index (χ3n) is 3.98. The lowest BCUT2D eigenvalue weighted by molar-refractivity contribution is -0.121. The monoisotopic (exact) mass is 388 g/mol. The Hall–Kier alpha value is -3.49. The van der Waals surface area contributed by atoms with Crippen LogP contribution < -0.4 is 15.4 Å². The Morgan fingerprint density at radius 3 is 2.71 bits per heavy atom. The van der Waals surface area contributed by atoms with Crippen molar-refractivity contribution in [2.75, 3.05) is 19.0 Å². The van der Waals surface area contributed by atoms with Gasteiger partial charge in [-0.15, -0.1) is 0 Å². The molecule has 0 bridgehead atoms. The van der Waals surface area contributed by atoms with Gasteiger partial charge in [0, 0.05) is 31.2 Å². The molecule has 0 fully saturated rings. The normalized spacial score (nSPS) is 10.9. The van der Waals surface area contributed by atoms with Crippen LogP contribution in [0.15, 0.2) is 48.8 Å². The summed E-state index contributed by atoms with van der Waals surface area (Å²) < 4.78 is 30.8. The van der Waals surface area contributed by atoms with Crippen molar-refractivity contribution in [3.8, 4) is 5.88 Å². The molecule has 0 saturated heterocycles. The number of likely N-dealkylation sites (N-methyl/N-ethyl adjacent to an activating group) is 1. The molecule has 146 valence electrons. The molecule has 2 N–H and O–H groups in total. The highest BCUT2D eigenvalue weighted by molar-refractivity contribution is 6.05. The molecule has 0 radical (unpaired) electrons. The second-order valence-electron chi connectivity index (χ2n) is 5.93. The number of nitrogens with one attached hydrogen (secondary N) is 2. The van der Waals surface area contributed by atoms with Crippen LogP contribution in [-0.2, 0) is 11.3 Å². The number of ether oxygens (including phenoxy) is 1. The topological polar surface area (TPSA) is 85.2 Å². The van der Waals surface area contributed by atoms with Crippen molar-refractivity contribution in [2.24, 2.45) is 0 Å². The van der Waals surface area contributed by atoms with Crippen molar-refractivity contribution < 1.29 is 23.1 Å². The van der Waals surface area contributed by atoms with E-state index in [1.807, 2.05) is 12.1 Å². The number of aromatic nitrogens is 2. The molecule has 0 aliphatic carbocycles. The van der Waals surface area contributed by atoms with Crippen LogP contribution in [0.4, 0.5) is 14.5 Å². The lowest BCUT2D eigenvalue weighted by atomic mass is 10.2. The van der Waals surface area contributed by atoms with Gasteiger partial charge in [-0.2, -0.15) is 0 Å². The van der Waals surface area contributed by atoms with E-state index in [4.69, 9.17) is 4.74 Å². The van der Waals surface area contributed by atoms with E-state index in [1.54, 1.807) is 29.9 Å². The molecule has 0 saturated carbocycles. The molecule has 3 aromatic rings. The number of carbonyl (C=O) groups is 2. The first-order valence-corrected chi connectivity index (χ1v) is 8.44. The Bertz CT molecular complexity index is 987. The maximum Gasteiger partial charge on any atom is 0.272 e. The minimum absolute atomic E-state index is 0.0188. The molecule has 9 heteroatoms. The van der Waals surface area contributed by atoms with Crippen molar-refractivity contribution in [1.29, 1.82) is 0 Å². The van der Waals surface area contributed by atoms with Gasteiger partial charge in [0.1, 0.15) is 6.54 Å². The molecule has 28 heavy (non-hydrogen) atoms. The summed E-state index contributed by atoms with van der Waals surface area (Å²) in [5, 5.41) is 6.25. The SMILES string of the molecule is CNC(=O)Cn1ccc2ccc(NC(=O)c3ccc(OCC(F)F)nc3)cc21. The van der Waals surface area contributed by atoms with Crippen LogP contribution in [0.25, 0.3) is 10.9 Å². The van der Waals surface area contributed by atoms with Gasteiger partial charge in [-0.25, -0.2) is 13.8 Å². The lowest BCUT2D eigenvalue weighted by Gasteiger charge is -2.09. The van der Waals surface area contributed by atoms with Gasteiger partial charge in [-0.05, 0) is 29.7 Å². The van der Waals surface area contributed by atoms with E-state index in [9.17, 15) is 18.4 Å². The Balaban J connectivity index is 1.72. The third-order valence-corrected chi connectivity index (χ3v) is 3.98. The van der Waals surface area contributed by atoms with Crippen molar-refractivity contribution in [3.05, 3.63) is 54.4 Å². The van der Waals surface area contributed by atoms with E-state index in [0.29, 0.717) is 5.69 Å². The number of rotatable bonds is 7. The van der Waals surface area contributed by atoms with Crippen molar-refractivity contribution in [1.82, 2.24) is 14.9 Å². The van der Waals surface area contributed by atoms with E-state index in [1.165, 1.54) is 18.3 Å². The zero-order chi connectivity index (χ0) is 20.1. The first-order chi connectivity index (χ1) is 13.5. The fourth-order valence-electron chi connectivity index (χ4n) is 2.58. The standard InChI is InChI=1S/C19H18F2N4O3/c1-22-17(26)10-25-7-6-12-2-4-14(8-15(12)25)24-19(27)13-3-5-18(23-9-13)28-11-16(20)21/h2-9,16H,10-11H2,1H3,(H,22,26)(H,24,27). The lowest BCUT2D eigenvalue weighted by Crippen LogP contribution is -2.23. The molecule has 1 aromatic carbocycles. The number of pyridine rings is 1. The summed E-state index contributed by atoms with van der Waals surface area (Å²) in [6.45, 7) is -0.588. The molecule has 7 nitrogen and oxygen atoms in total. The first kappa shape index (κ1) is 19.3. The number of alkyl halides is 2. The minimum Gasteiger partial charge on any atom is -0.472 e. The van der Waals surface area contributed by atoms with Crippen LogP contribution in [-0.4, -0.2) is 41.4 Å². The Kier molecular flexibility index (Phi) is 5.83. The van der Waals surface area contributed by atoms with Gasteiger partial charge in [0.25, 0.3) is 12.3 Å². The number of halogens is 2. The molecule has 2 amide bonds. The van der Waals surface area contributed by atoms with Crippen molar-refractivity contribution in [2.45, 2.75) is 13.0 Å². The van der Waals surface area contributed by atoms with Gasteiger partial charge < -0.3 is 19.9 Å². The second-order valence-corrected chi connectivity index (χ2v) is 5.93. The minimum atomic E-state index is -2.60. The smallest absolute Gasteiger partial charge is 0.272 e. The fourth-order valence-corrected chi connectivity index (χ4v) is 2.58. The summed E-state index contributed by atoms with van der Waals surface area (Å²) in [6, 6.07) is 10.0. The zero-order valence-electron chi connectivity index (χ0n) is 15.0. The highest BCUT2D eigenvalue weighted by Gasteiger charge is 2.11. The molecule has 0 aliphatic rings. The molecule has 0 spiro atoms. The molecule has 0 unspecified atom stereocenters. The average Bonchev–Trinajstić information content (AvgIpc) is 3.08. The molecule has 3 rings (SSSR count). The maximum atomic E-state index is 12.4. The van der Waals surface area contributed by atoms with Crippen molar-refractivity contribution >= 4 is 28.4 Å². The number of amides is 2. The molecular formula is C19H18F2N4O3. The van der Waals surface area contributed by atoms with Crippen LogP contribution in [0, 0.1) is 0 Å². The Morgan fingerprint density at radius 1 is 1.21 bits per heavy atom. The first-order valence-electron chi connectivity index (χ1n) is 8.44. The zero-order valence-corrected chi connectivity index (χ0v) is 15.0. The predicted octanol–water partition coefficient (Wildman–Crippen LogP) is 2.68. The molecule has 0 aliphatic heterocycles. The number of benzene rings is 1. The molecular weight excluding hydrogens is 370 g/mol. The van der Waals surface area contributed by atoms with Gasteiger partial charge >= 0.3 is 0 Å². The van der Waals surface area contributed by atoms with Gasteiger partial charge in [-0.3, -0.25) is 9.59 Å². The summed E-state index contributed by atoms with van der Waals surface area (Å²) in [5.41, 5.74) is 1.60. The van der Waals surface area contributed by atoms with Gasteiger partial charge in [0.15, 0.2) is 6.61 Å². The Labute approximate surface area is 159 Å². The van der Waals surface area contributed by atoms with Crippen LogP contribution in [0.5, 0.6) is 5.88 Å². The average molecular weight is 388 g/mol. The van der Waals surface area contributed by atoms with E-state index in [2.05, 4.69) is 15.6 Å². The van der Waals surface area contributed by atoms with Crippen molar-refractivity contribution in [3.63, 3.8) is 0 Å². The second kappa shape index (κ2) is 8.47. The summed E-state index contributed by atoms with van der Waals surface area (Å²) in [5.74, 6) is -0.519. The highest BCUT2D eigenvalue weighted by atomic mass is 19.3. The van der Waals surface area contributed by atoms with Crippen LogP contribution >= 0.6 is 0 Å². The number of carbonyl (C=O) groups excluding carboxylic acids is 2. The van der Waals surface area contributed by atoms with E-state index >= 15 is 0 Å². The summed E-state index contributed by atoms with van der Waals surface area (Å²) in [7, 11) is 1.57. The summed E-state index contributed by atoms with van der Waals surface area (Å²) >= 11 is 0. The number of nitrogens with zero attached hydrogens (tertiary/aromatic N) is 2. The molecule has 0 atom stereocenters. The van der Waals surface area contributed by atoms with Crippen LogP contribution in [0.3, 0.4) is 0 Å². The number of anilines is 1. The number of fused-ring (bicyclic) bond motifs is 1. The quantitative estimate of drug-likeness (QED) is 0.652. The van der Waals surface area contributed by atoms with E-state index in [0.717, 1.165) is 10.9 Å².